The van der Waals surface area contributed by atoms with Gasteiger partial charge in [0.2, 0.25) is 0 Å². The lowest BCUT2D eigenvalue weighted by Crippen LogP contribution is -2.30. The first-order valence-electron chi connectivity index (χ1n) is 22.3. The van der Waals surface area contributed by atoms with Crippen molar-refractivity contribution in [2.24, 2.45) is 0 Å². The van der Waals surface area contributed by atoms with Crippen molar-refractivity contribution in [3.63, 3.8) is 0 Å². The summed E-state index contributed by atoms with van der Waals surface area (Å²) in [7, 11) is 0. The molecule has 6 nitrogen and oxygen atoms in total. The van der Waals surface area contributed by atoms with Crippen LogP contribution in [0.1, 0.15) is 207 Å². The van der Waals surface area contributed by atoms with Gasteiger partial charge < -0.3 is 14.2 Å². The van der Waals surface area contributed by atoms with Crippen molar-refractivity contribution >= 4 is 17.9 Å². The Morgan fingerprint density at radius 2 is 0.759 bits per heavy atom. The SMILES string of the molecule is CC/C=C\C/C=C\C/C=C\CCCC(=O)OC(COC(=O)CCCCCC/C=C\CCCC)COC(=O)CCCCCCCCC/C=C\CCCCCC. The van der Waals surface area contributed by atoms with E-state index in [0.29, 0.717) is 19.3 Å². The average Bonchev–Trinajstić information content (AvgIpc) is 3.17. The van der Waals surface area contributed by atoms with Crippen LogP contribution in [-0.4, -0.2) is 37.2 Å². The Labute approximate surface area is 332 Å². The molecule has 0 rings (SSSR count). The van der Waals surface area contributed by atoms with Gasteiger partial charge in [-0.05, 0) is 89.9 Å². The quantitative estimate of drug-likeness (QED) is 0.0269. The number of rotatable bonds is 39. The highest BCUT2D eigenvalue weighted by Gasteiger charge is 2.19. The van der Waals surface area contributed by atoms with Crippen molar-refractivity contribution < 1.29 is 28.6 Å². The monoisotopic (exact) mass is 755 g/mol. The molecule has 0 heterocycles. The van der Waals surface area contributed by atoms with E-state index in [-0.39, 0.29) is 37.5 Å². The summed E-state index contributed by atoms with van der Waals surface area (Å²) in [5, 5.41) is 0. The Hall–Kier alpha value is -2.89. The molecule has 0 radical (unpaired) electrons. The topological polar surface area (TPSA) is 78.9 Å². The van der Waals surface area contributed by atoms with Crippen LogP contribution in [-0.2, 0) is 28.6 Å². The summed E-state index contributed by atoms with van der Waals surface area (Å²) in [6.07, 6.45) is 50.7. The fourth-order valence-electron chi connectivity index (χ4n) is 5.85. The normalized spacial score (nSPS) is 12.6. The highest BCUT2D eigenvalue weighted by atomic mass is 16.6. The molecular weight excluding hydrogens is 673 g/mol. The molecule has 0 fully saturated rings. The molecule has 1 unspecified atom stereocenters. The first kappa shape index (κ1) is 51.1. The van der Waals surface area contributed by atoms with E-state index in [2.05, 4.69) is 81.5 Å². The van der Waals surface area contributed by atoms with E-state index >= 15 is 0 Å². The second-order valence-corrected chi connectivity index (χ2v) is 14.6. The lowest BCUT2D eigenvalue weighted by molar-refractivity contribution is -0.167. The minimum Gasteiger partial charge on any atom is -0.462 e. The molecule has 0 bridgehead atoms. The number of hydrogen-bond acceptors (Lipinski definition) is 6. The molecule has 0 N–H and O–H groups in total. The molecule has 0 aliphatic heterocycles. The van der Waals surface area contributed by atoms with Crippen LogP contribution in [0.5, 0.6) is 0 Å². The first-order valence-corrected chi connectivity index (χ1v) is 22.3. The molecule has 0 aliphatic carbocycles. The zero-order valence-electron chi connectivity index (χ0n) is 35.2. The van der Waals surface area contributed by atoms with Crippen LogP contribution in [0.3, 0.4) is 0 Å². The lowest BCUT2D eigenvalue weighted by atomic mass is 10.1. The molecule has 0 aromatic carbocycles. The van der Waals surface area contributed by atoms with Gasteiger partial charge in [-0.25, -0.2) is 0 Å². The molecule has 6 heteroatoms. The minimum absolute atomic E-state index is 0.101. The molecule has 0 saturated carbocycles. The van der Waals surface area contributed by atoms with E-state index < -0.39 is 6.10 Å². The number of allylic oxidation sites excluding steroid dienone is 10. The fourth-order valence-corrected chi connectivity index (χ4v) is 5.85. The summed E-state index contributed by atoms with van der Waals surface area (Å²) in [5.41, 5.74) is 0. The summed E-state index contributed by atoms with van der Waals surface area (Å²) in [5.74, 6) is -0.980. The van der Waals surface area contributed by atoms with Crippen LogP contribution in [0.25, 0.3) is 0 Å². The van der Waals surface area contributed by atoms with Crippen molar-refractivity contribution in [1.29, 1.82) is 0 Å². The number of carbonyl (C=O) groups is 3. The molecule has 0 aromatic rings. The van der Waals surface area contributed by atoms with E-state index in [1.54, 1.807) is 0 Å². The van der Waals surface area contributed by atoms with Crippen molar-refractivity contribution in [2.75, 3.05) is 13.2 Å². The Balaban J connectivity index is 4.43. The van der Waals surface area contributed by atoms with E-state index in [1.807, 2.05) is 0 Å². The third kappa shape index (κ3) is 40.3. The van der Waals surface area contributed by atoms with Gasteiger partial charge in [0.1, 0.15) is 13.2 Å². The van der Waals surface area contributed by atoms with Crippen LogP contribution < -0.4 is 0 Å². The summed E-state index contributed by atoms with van der Waals surface area (Å²) in [6, 6.07) is 0. The first-order chi connectivity index (χ1) is 26.5. The van der Waals surface area contributed by atoms with Gasteiger partial charge in [-0.3, -0.25) is 14.4 Å². The van der Waals surface area contributed by atoms with Crippen molar-refractivity contribution in [3.8, 4) is 0 Å². The predicted molar refractivity (Wildman–Crippen MR) is 228 cm³/mol. The van der Waals surface area contributed by atoms with Gasteiger partial charge in [-0.15, -0.1) is 0 Å². The second-order valence-electron chi connectivity index (χ2n) is 14.6. The maximum atomic E-state index is 12.6. The molecule has 0 amide bonds. The Morgan fingerprint density at radius 1 is 0.389 bits per heavy atom. The van der Waals surface area contributed by atoms with E-state index in [9.17, 15) is 14.4 Å². The van der Waals surface area contributed by atoms with Gasteiger partial charge in [0.25, 0.3) is 0 Å². The zero-order valence-corrected chi connectivity index (χ0v) is 35.2. The fraction of sp³-hybridized carbons (Fsp3) is 0.729. The van der Waals surface area contributed by atoms with Crippen LogP contribution in [0.4, 0.5) is 0 Å². The van der Waals surface area contributed by atoms with Gasteiger partial charge >= 0.3 is 17.9 Å². The van der Waals surface area contributed by atoms with Crippen molar-refractivity contribution in [1.82, 2.24) is 0 Å². The van der Waals surface area contributed by atoms with E-state index in [0.717, 1.165) is 83.5 Å². The third-order valence-electron chi connectivity index (χ3n) is 9.23. The third-order valence-corrected chi connectivity index (χ3v) is 9.23. The highest BCUT2D eigenvalue weighted by molar-refractivity contribution is 5.71. The Bertz CT molecular complexity index is 1010. The maximum absolute atomic E-state index is 12.6. The van der Waals surface area contributed by atoms with Crippen LogP contribution in [0, 0.1) is 0 Å². The maximum Gasteiger partial charge on any atom is 0.306 e. The molecule has 0 saturated heterocycles. The summed E-state index contributed by atoms with van der Waals surface area (Å²) >= 11 is 0. The molecule has 54 heavy (non-hydrogen) atoms. The number of esters is 3. The largest absolute Gasteiger partial charge is 0.462 e. The minimum atomic E-state index is -0.803. The number of ether oxygens (including phenoxy) is 3. The lowest BCUT2D eigenvalue weighted by Gasteiger charge is -2.18. The predicted octanol–water partition coefficient (Wildman–Crippen LogP) is 14.1. The molecule has 1 atom stereocenters. The Morgan fingerprint density at radius 3 is 1.26 bits per heavy atom. The highest BCUT2D eigenvalue weighted by Crippen LogP contribution is 2.13. The van der Waals surface area contributed by atoms with Gasteiger partial charge in [-0.2, -0.15) is 0 Å². The Kier molecular flexibility index (Phi) is 40.6. The van der Waals surface area contributed by atoms with E-state index in [4.69, 9.17) is 14.2 Å². The second kappa shape index (κ2) is 42.8. The van der Waals surface area contributed by atoms with Crippen molar-refractivity contribution in [2.45, 2.75) is 213 Å². The van der Waals surface area contributed by atoms with Crippen LogP contribution in [0.2, 0.25) is 0 Å². The van der Waals surface area contributed by atoms with Gasteiger partial charge in [-0.1, -0.05) is 159 Å². The number of carbonyl (C=O) groups excluding carboxylic acids is 3. The molecule has 0 aliphatic rings. The zero-order chi connectivity index (χ0) is 39.4. The average molecular weight is 755 g/mol. The number of hydrogen-bond donors (Lipinski definition) is 0. The van der Waals surface area contributed by atoms with E-state index in [1.165, 1.54) is 77.0 Å². The van der Waals surface area contributed by atoms with Gasteiger partial charge in [0.05, 0.1) is 0 Å². The van der Waals surface area contributed by atoms with Gasteiger partial charge in [0, 0.05) is 19.3 Å². The number of unbranched alkanes of at least 4 members (excludes halogenated alkanes) is 18. The van der Waals surface area contributed by atoms with Crippen LogP contribution >= 0.6 is 0 Å². The standard InChI is InChI=1S/C48H82O6/c1-4-7-10-13-16-19-22-23-24-25-27-29-32-35-38-41-47(50)53-44-45(43-52-46(49)40-37-34-31-28-21-18-15-12-9-6-3)54-48(51)42-39-36-33-30-26-20-17-14-11-8-5-2/h8,11,15,17-20,22,30,33,45H,4-7,9-10,12-14,16,21,23-29,31-32,34-44H2,1-3H3/b11-8-,18-15-,20-17-,22-19-,33-30-. The van der Waals surface area contributed by atoms with Crippen molar-refractivity contribution in [3.05, 3.63) is 60.8 Å². The molecule has 0 spiro atoms. The van der Waals surface area contributed by atoms with Crippen LogP contribution in [0.15, 0.2) is 60.8 Å². The molecule has 310 valence electrons. The summed E-state index contributed by atoms with van der Waals surface area (Å²) in [6.45, 7) is 6.38. The smallest absolute Gasteiger partial charge is 0.306 e. The van der Waals surface area contributed by atoms with Gasteiger partial charge in [0.15, 0.2) is 6.10 Å². The molecular formula is C48H82O6. The summed E-state index contributed by atoms with van der Waals surface area (Å²) in [4.78, 5) is 37.6. The summed E-state index contributed by atoms with van der Waals surface area (Å²) < 4.78 is 16.6. The molecule has 0 aromatic heterocycles.